The second-order valence-electron chi connectivity index (χ2n) is 7.27. The van der Waals surface area contributed by atoms with E-state index in [1.165, 1.54) is 19.3 Å². The van der Waals surface area contributed by atoms with Crippen molar-refractivity contribution in [2.75, 3.05) is 19.0 Å². The highest BCUT2D eigenvalue weighted by molar-refractivity contribution is 5.37. The normalized spacial score (nSPS) is 17.6. The van der Waals surface area contributed by atoms with Gasteiger partial charge in [-0.25, -0.2) is 9.97 Å². The van der Waals surface area contributed by atoms with E-state index in [1.807, 2.05) is 6.07 Å². The molecule has 1 heterocycles. The van der Waals surface area contributed by atoms with Crippen LogP contribution in [-0.4, -0.2) is 23.6 Å². The molecule has 0 unspecified atom stereocenters. The predicted octanol–water partition coefficient (Wildman–Crippen LogP) is 3.52. The second-order valence-corrected chi connectivity index (χ2v) is 7.27. The van der Waals surface area contributed by atoms with Crippen molar-refractivity contribution in [3.8, 4) is 0 Å². The van der Waals surface area contributed by atoms with E-state index >= 15 is 0 Å². The van der Waals surface area contributed by atoms with Crippen molar-refractivity contribution >= 4 is 5.82 Å². The molecule has 0 saturated heterocycles. The Morgan fingerprint density at radius 2 is 2.00 bits per heavy atom. The molecule has 0 aromatic carbocycles. The van der Waals surface area contributed by atoms with E-state index in [0.29, 0.717) is 12.0 Å². The number of nitrogens with zero attached hydrogens (tertiary/aromatic N) is 2. The molecule has 0 spiro atoms. The Hall–Kier alpha value is -1.16. The van der Waals surface area contributed by atoms with E-state index in [2.05, 4.69) is 43.0 Å². The first-order valence-corrected chi connectivity index (χ1v) is 7.44. The molecule has 2 rings (SSSR count). The summed E-state index contributed by atoms with van der Waals surface area (Å²) in [5, 5.41) is 3.49. The van der Waals surface area contributed by atoms with Crippen LogP contribution in [0.2, 0.25) is 0 Å². The van der Waals surface area contributed by atoms with Crippen LogP contribution in [0, 0.1) is 5.41 Å². The molecule has 1 N–H and O–H groups in total. The van der Waals surface area contributed by atoms with Gasteiger partial charge in [0.05, 0.1) is 12.3 Å². The Morgan fingerprint density at radius 3 is 2.50 bits per heavy atom. The maximum absolute atomic E-state index is 5.21. The Labute approximate surface area is 122 Å². The zero-order valence-corrected chi connectivity index (χ0v) is 13.4. The molecule has 1 saturated carbocycles. The minimum absolute atomic E-state index is 0.0550. The highest BCUT2D eigenvalue weighted by Gasteiger charge is 2.31. The lowest BCUT2D eigenvalue weighted by atomic mass is 9.70. The third-order valence-corrected chi connectivity index (χ3v) is 4.00. The van der Waals surface area contributed by atoms with Gasteiger partial charge >= 0.3 is 0 Å². The summed E-state index contributed by atoms with van der Waals surface area (Å²) in [5.74, 6) is 1.79. The summed E-state index contributed by atoms with van der Waals surface area (Å²) in [6.45, 7) is 10.3. The van der Waals surface area contributed by atoms with Crippen LogP contribution >= 0.6 is 0 Å². The van der Waals surface area contributed by atoms with Crippen LogP contribution in [0.3, 0.4) is 0 Å². The highest BCUT2D eigenvalue weighted by atomic mass is 16.5. The third-order valence-electron chi connectivity index (χ3n) is 4.00. The van der Waals surface area contributed by atoms with Crippen molar-refractivity contribution in [3.05, 3.63) is 17.6 Å². The molecule has 1 aliphatic carbocycles. The molecule has 1 fully saturated rings. The Kier molecular flexibility index (Phi) is 4.33. The summed E-state index contributed by atoms with van der Waals surface area (Å²) in [6.07, 6.45) is 3.97. The van der Waals surface area contributed by atoms with Gasteiger partial charge in [0.15, 0.2) is 0 Å². The van der Waals surface area contributed by atoms with E-state index in [-0.39, 0.29) is 5.41 Å². The van der Waals surface area contributed by atoms with Crippen LogP contribution in [0.25, 0.3) is 0 Å². The quantitative estimate of drug-likeness (QED) is 0.894. The van der Waals surface area contributed by atoms with Crippen LogP contribution in [0.1, 0.15) is 58.5 Å². The average molecular weight is 277 g/mol. The lowest BCUT2D eigenvalue weighted by Gasteiger charge is -2.38. The number of hydrogen-bond donors (Lipinski definition) is 1. The number of hydrogen-bond acceptors (Lipinski definition) is 4. The van der Waals surface area contributed by atoms with Gasteiger partial charge in [-0.05, 0) is 18.3 Å². The lowest BCUT2D eigenvalue weighted by molar-refractivity contribution is 0.179. The predicted molar refractivity (Wildman–Crippen MR) is 81.9 cm³/mol. The van der Waals surface area contributed by atoms with Crippen molar-refractivity contribution in [1.29, 1.82) is 0 Å². The Bertz CT molecular complexity index is 461. The number of methoxy groups -OCH3 is 1. The van der Waals surface area contributed by atoms with Gasteiger partial charge in [-0.2, -0.15) is 0 Å². The number of nitrogens with one attached hydrogen (secondary N) is 1. The number of rotatable bonds is 5. The molecule has 4 heteroatoms. The maximum Gasteiger partial charge on any atom is 0.136 e. The SMILES string of the molecule is COCc1cc(NCC2(C)CCC2)nc(C(C)(C)C)n1. The van der Waals surface area contributed by atoms with Crippen molar-refractivity contribution in [2.45, 2.75) is 59.0 Å². The standard InChI is InChI=1S/C16H27N3O/c1-15(2,3)14-18-12(10-20-5)9-13(19-14)17-11-16(4)7-6-8-16/h9H,6-8,10-11H2,1-5H3,(H,17,18,19). The first kappa shape index (κ1) is 15.2. The summed E-state index contributed by atoms with van der Waals surface area (Å²) in [4.78, 5) is 9.27. The molecule has 0 atom stereocenters. The van der Waals surface area contributed by atoms with Gasteiger partial charge in [-0.3, -0.25) is 0 Å². The average Bonchev–Trinajstić information content (AvgIpc) is 2.33. The van der Waals surface area contributed by atoms with Crippen molar-refractivity contribution in [3.63, 3.8) is 0 Å². The molecular weight excluding hydrogens is 250 g/mol. The summed E-state index contributed by atoms with van der Waals surface area (Å²) in [6, 6.07) is 2.00. The topological polar surface area (TPSA) is 47.0 Å². The molecule has 4 nitrogen and oxygen atoms in total. The minimum atomic E-state index is -0.0550. The van der Waals surface area contributed by atoms with Gasteiger partial charge < -0.3 is 10.1 Å². The number of aromatic nitrogens is 2. The zero-order valence-electron chi connectivity index (χ0n) is 13.4. The fourth-order valence-corrected chi connectivity index (χ4v) is 2.41. The van der Waals surface area contributed by atoms with Crippen molar-refractivity contribution in [2.24, 2.45) is 5.41 Å². The van der Waals surface area contributed by atoms with E-state index in [9.17, 15) is 0 Å². The van der Waals surface area contributed by atoms with Gasteiger partial charge in [0, 0.05) is 25.1 Å². The molecular formula is C16H27N3O. The Balaban J connectivity index is 2.15. The summed E-state index contributed by atoms with van der Waals surface area (Å²) in [5.41, 5.74) is 1.32. The molecule has 1 aliphatic rings. The first-order chi connectivity index (χ1) is 9.32. The zero-order chi connectivity index (χ0) is 14.8. The van der Waals surface area contributed by atoms with E-state index in [4.69, 9.17) is 4.74 Å². The molecule has 112 valence electrons. The third kappa shape index (κ3) is 3.69. The highest BCUT2D eigenvalue weighted by Crippen LogP contribution is 2.40. The molecule has 1 aromatic rings. The van der Waals surface area contributed by atoms with Gasteiger partial charge in [0.2, 0.25) is 0 Å². The Morgan fingerprint density at radius 1 is 1.30 bits per heavy atom. The summed E-state index contributed by atoms with van der Waals surface area (Å²) in [7, 11) is 1.70. The van der Waals surface area contributed by atoms with Crippen LogP contribution in [0.15, 0.2) is 6.07 Å². The van der Waals surface area contributed by atoms with Crippen molar-refractivity contribution in [1.82, 2.24) is 9.97 Å². The lowest BCUT2D eigenvalue weighted by Crippen LogP contribution is -2.33. The monoisotopic (exact) mass is 277 g/mol. The van der Waals surface area contributed by atoms with Crippen LogP contribution in [0.4, 0.5) is 5.82 Å². The van der Waals surface area contributed by atoms with E-state index < -0.39 is 0 Å². The van der Waals surface area contributed by atoms with Crippen molar-refractivity contribution < 1.29 is 4.74 Å². The fraction of sp³-hybridized carbons (Fsp3) is 0.750. The maximum atomic E-state index is 5.21. The minimum Gasteiger partial charge on any atom is -0.378 e. The largest absolute Gasteiger partial charge is 0.378 e. The molecule has 0 aliphatic heterocycles. The molecule has 20 heavy (non-hydrogen) atoms. The molecule has 0 amide bonds. The number of anilines is 1. The van der Waals surface area contributed by atoms with Gasteiger partial charge in [-0.15, -0.1) is 0 Å². The molecule has 1 aromatic heterocycles. The van der Waals surface area contributed by atoms with Gasteiger partial charge in [0.25, 0.3) is 0 Å². The number of ether oxygens (including phenoxy) is 1. The smallest absolute Gasteiger partial charge is 0.136 e. The second kappa shape index (κ2) is 5.68. The fourth-order valence-electron chi connectivity index (χ4n) is 2.41. The molecule has 0 radical (unpaired) electrons. The van der Waals surface area contributed by atoms with E-state index in [1.54, 1.807) is 7.11 Å². The van der Waals surface area contributed by atoms with Crippen LogP contribution in [0.5, 0.6) is 0 Å². The van der Waals surface area contributed by atoms with Crippen LogP contribution < -0.4 is 5.32 Å². The summed E-state index contributed by atoms with van der Waals surface area (Å²) < 4.78 is 5.21. The van der Waals surface area contributed by atoms with E-state index in [0.717, 1.165) is 23.9 Å². The van der Waals surface area contributed by atoms with Gasteiger partial charge in [0.1, 0.15) is 11.6 Å². The van der Waals surface area contributed by atoms with Crippen LogP contribution in [-0.2, 0) is 16.8 Å². The summed E-state index contributed by atoms with van der Waals surface area (Å²) >= 11 is 0. The molecule has 0 bridgehead atoms. The van der Waals surface area contributed by atoms with Gasteiger partial charge in [-0.1, -0.05) is 34.1 Å². The first-order valence-electron chi connectivity index (χ1n) is 7.44.